The van der Waals surface area contributed by atoms with Gasteiger partial charge in [-0.1, -0.05) is 19.9 Å². The van der Waals surface area contributed by atoms with Crippen LogP contribution in [0.1, 0.15) is 24.2 Å². The third-order valence-corrected chi connectivity index (χ3v) is 1.66. The summed E-state index contributed by atoms with van der Waals surface area (Å²) in [7, 11) is 0. The van der Waals surface area contributed by atoms with Gasteiger partial charge in [-0.05, 0) is 12.1 Å². The van der Waals surface area contributed by atoms with Crippen LogP contribution >= 0.6 is 0 Å². The highest BCUT2D eigenvalue weighted by atomic mass is 16.4. The van der Waals surface area contributed by atoms with Gasteiger partial charge in [-0.25, -0.2) is 9.31 Å². The van der Waals surface area contributed by atoms with Crippen molar-refractivity contribution in [2.75, 3.05) is 0 Å². The molecule has 1 N–H and O–H groups in total. The van der Waals surface area contributed by atoms with E-state index in [-0.39, 0.29) is 5.56 Å². The minimum Gasteiger partial charge on any atom is -0.478 e. The molecule has 0 spiro atoms. The molecule has 0 atom stereocenters. The zero-order valence-corrected chi connectivity index (χ0v) is 8.14. The molecule has 2 rings (SSSR count). The molecule has 0 aliphatic heterocycles. The van der Waals surface area contributed by atoms with Crippen molar-refractivity contribution in [3.8, 4) is 0 Å². The van der Waals surface area contributed by atoms with Crippen LogP contribution in [0.15, 0.2) is 30.6 Å². The molecule has 0 aromatic carbocycles. The Labute approximate surface area is 81.8 Å². The molecule has 0 saturated carbocycles. The summed E-state index contributed by atoms with van der Waals surface area (Å²) in [5.74, 6) is -0.948. The summed E-state index contributed by atoms with van der Waals surface area (Å²) >= 11 is 0. The van der Waals surface area contributed by atoms with Crippen LogP contribution in [0.4, 0.5) is 0 Å². The Morgan fingerprint density at radius 2 is 2.14 bits per heavy atom. The second-order valence-corrected chi connectivity index (χ2v) is 2.39. The number of rotatable bonds is 1. The van der Waals surface area contributed by atoms with Gasteiger partial charge in [-0.2, -0.15) is 5.10 Å². The zero-order chi connectivity index (χ0) is 10.6. The van der Waals surface area contributed by atoms with Crippen molar-refractivity contribution >= 4 is 11.5 Å². The molecule has 2 heterocycles. The van der Waals surface area contributed by atoms with Gasteiger partial charge >= 0.3 is 5.97 Å². The molecular weight excluding hydrogens is 180 g/mol. The minimum atomic E-state index is -0.948. The lowest BCUT2D eigenvalue weighted by Gasteiger charge is -1.91. The van der Waals surface area contributed by atoms with E-state index < -0.39 is 5.97 Å². The van der Waals surface area contributed by atoms with Crippen molar-refractivity contribution in [1.29, 1.82) is 0 Å². The van der Waals surface area contributed by atoms with Gasteiger partial charge in [0.1, 0.15) is 5.56 Å². The first-order chi connectivity index (χ1) is 6.79. The third-order valence-electron chi connectivity index (χ3n) is 1.66. The topological polar surface area (TPSA) is 54.6 Å². The van der Waals surface area contributed by atoms with Crippen molar-refractivity contribution in [1.82, 2.24) is 9.61 Å². The lowest BCUT2D eigenvalue weighted by Crippen LogP contribution is -1.94. The Bertz CT molecular complexity index is 434. The van der Waals surface area contributed by atoms with Crippen LogP contribution in [-0.4, -0.2) is 20.7 Å². The van der Waals surface area contributed by atoms with Gasteiger partial charge in [0.25, 0.3) is 0 Å². The minimum absolute atomic E-state index is 0.232. The Morgan fingerprint density at radius 3 is 2.79 bits per heavy atom. The quantitative estimate of drug-likeness (QED) is 0.752. The second kappa shape index (κ2) is 4.41. The van der Waals surface area contributed by atoms with Gasteiger partial charge in [-0.15, -0.1) is 0 Å². The smallest absolute Gasteiger partial charge is 0.339 e. The van der Waals surface area contributed by atoms with Crippen molar-refractivity contribution in [3.05, 3.63) is 36.2 Å². The predicted molar refractivity (Wildman–Crippen MR) is 53.5 cm³/mol. The highest BCUT2D eigenvalue weighted by molar-refractivity contribution is 5.95. The lowest BCUT2D eigenvalue weighted by molar-refractivity contribution is 0.0699. The van der Waals surface area contributed by atoms with Gasteiger partial charge in [0.15, 0.2) is 0 Å². The maximum Gasteiger partial charge on any atom is 0.339 e. The number of carbonyl (C=O) groups is 1. The summed E-state index contributed by atoms with van der Waals surface area (Å²) in [5.41, 5.74) is 0.848. The number of pyridine rings is 1. The molecule has 0 aliphatic carbocycles. The van der Waals surface area contributed by atoms with E-state index in [1.807, 2.05) is 13.8 Å². The van der Waals surface area contributed by atoms with E-state index in [0.717, 1.165) is 0 Å². The molecule has 2 aromatic rings. The molecule has 0 unspecified atom stereocenters. The SMILES string of the molecule is CC.O=C(O)c1cnn2ccccc12. The molecule has 0 bridgehead atoms. The molecule has 74 valence electrons. The number of fused-ring (bicyclic) bond motifs is 1. The molecule has 0 saturated heterocycles. The molecule has 4 nitrogen and oxygen atoms in total. The highest BCUT2D eigenvalue weighted by Crippen LogP contribution is 2.08. The number of carboxylic acid groups (broad SMARTS) is 1. The van der Waals surface area contributed by atoms with E-state index in [0.29, 0.717) is 5.52 Å². The summed E-state index contributed by atoms with van der Waals surface area (Å²) in [6.07, 6.45) is 3.06. The number of aromatic carboxylic acids is 1. The fraction of sp³-hybridized carbons (Fsp3) is 0.200. The maximum absolute atomic E-state index is 10.6. The summed E-state index contributed by atoms with van der Waals surface area (Å²) < 4.78 is 1.53. The second-order valence-electron chi connectivity index (χ2n) is 2.39. The normalized spacial score (nSPS) is 9.29. The Balaban J connectivity index is 0.000000461. The third kappa shape index (κ3) is 1.74. The highest BCUT2D eigenvalue weighted by Gasteiger charge is 2.08. The fourth-order valence-electron chi connectivity index (χ4n) is 1.10. The van der Waals surface area contributed by atoms with Crippen LogP contribution in [0.25, 0.3) is 5.52 Å². The summed E-state index contributed by atoms with van der Waals surface area (Å²) in [5, 5.41) is 12.6. The average molecular weight is 192 g/mol. The van der Waals surface area contributed by atoms with Crippen molar-refractivity contribution in [2.24, 2.45) is 0 Å². The number of aromatic nitrogens is 2. The van der Waals surface area contributed by atoms with Crippen molar-refractivity contribution in [2.45, 2.75) is 13.8 Å². The number of nitrogens with zero attached hydrogens (tertiary/aromatic N) is 2. The van der Waals surface area contributed by atoms with E-state index in [9.17, 15) is 4.79 Å². The van der Waals surface area contributed by atoms with E-state index in [4.69, 9.17) is 5.11 Å². The number of hydrogen-bond acceptors (Lipinski definition) is 2. The first-order valence-electron chi connectivity index (χ1n) is 4.45. The van der Waals surface area contributed by atoms with Gasteiger partial charge in [0, 0.05) is 6.20 Å². The van der Waals surface area contributed by atoms with Crippen LogP contribution in [0, 0.1) is 0 Å². The molecule has 0 fully saturated rings. The van der Waals surface area contributed by atoms with Crippen LogP contribution in [-0.2, 0) is 0 Å². The molecular formula is C10H12N2O2. The standard InChI is InChI=1S/C8H6N2O2.C2H6/c11-8(12)6-5-9-10-4-2-1-3-7(6)10;1-2/h1-5H,(H,11,12);1-2H3. The summed E-state index contributed by atoms with van der Waals surface area (Å²) in [6, 6.07) is 5.30. The first kappa shape index (κ1) is 10.2. The summed E-state index contributed by atoms with van der Waals surface area (Å²) in [6.45, 7) is 4.00. The largest absolute Gasteiger partial charge is 0.478 e. The molecule has 0 aliphatic rings. The lowest BCUT2D eigenvalue weighted by atomic mass is 10.3. The van der Waals surface area contributed by atoms with Crippen LogP contribution < -0.4 is 0 Å². The molecule has 0 amide bonds. The monoisotopic (exact) mass is 192 g/mol. The first-order valence-corrected chi connectivity index (χ1v) is 4.45. The average Bonchev–Trinajstić information content (AvgIpc) is 2.64. The van der Waals surface area contributed by atoms with Crippen LogP contribution in [0.5, 0.6) is 0 Å². The Hall–Kier alpha value is -1.84. The van der Waals surface area contributed by atoms with Crippen molar-refractivity contribution < 1.29 is 9.90 Å². The van der Waals surface area contributed by atoms with E-state index >= 15 is 0 Å². The van der Waals surface area contributed by atoms with Gasteiger partial charge < -0.3 is 5.11 Å². The summed E-state index contributed by atoms with van der Waals surface area (Å²) in [4.78, 5) is 10.6. The molecule has 2 aromatic heterocycles. The van der Waals surface area contributed by atoms with E-state index in [1.54, 1.807) is 24.4 Å². The van der Waals surface area contributed by atoms with Gasteiger partial charge in [0.05, 0.1) is 11.7 Å². The van der Waals surface area contributed by atoms with Gasteiger partial charge in [0.2, 0.25) is 0 Å². The zero-order valence-electron chi connectivity index (χ0n) is 8.14. The Kier molecular flexibility index (Phi) is 3.23. The van der Waals surface area contributed by atoms with Crippen molar-refractivity contribution in [3.63, 3.8) is 0 Å². The van der Waals surface area contributed by atoms with E-state index in [1.165, 1.54) is 10.7 Å². The number of carboxylic acids is 1. The molecule has 0 radical (unpaired) electrons. The molecule has 14 heavy (non-hydrogen) atoms. The van der Waals surface area contributed by atoms with E-state index in [2.05, 4.69) is 5.10 Å². The van der Waals surface area contributed by atoms with Crippen LogP contribution in [0.3, 0.4) is 0 Å². The molecule has 4 heteroatoms. The maximum atomic E-state index is 10.6. The fourth-order valence-corrected chi connectivity index (χ4v) is 1.10. The Morgan fingerprint density at radius 1 is 1.43 bits per heavy atom. The van der Waals surface area contributed by atoms with Crippen LogP contribution in [0.2, 0.25) is 0 Å². The predicted octanol–water partition coefficient (Wildman–Crippen LogP) is 2.06. The number of hydrogen-bond donors (Lipinski definition) is 1. The van der Waals surface area contributed by atoms with Gasteiger partial charge in [-0.3, -0.25) is 0 Å².